The van der Waals surface area contributed by atoms with E-state index in [0.717, 1.165) is 24.0 Å². The van der Waals surface area contributed by atoms with Crippen LogP contribution in [-0.2, 0) is 0 Å². The first-order valence-electron chi connectivity index (χ1n) is 6.78. The highest BCUT2D eigenvalue weighted by Crippen LogP contribution is 2.42. The number of piperidine rings is 1. The van der Waals surface area contributed by atoms with E-state index in [-0.39, 0.29) is 0 Å². The van der Waals surface area contributed by atoms with Gasteiger partial charge in [0.25, 0.3) is 0 Å². The molecule has 2 saturated heterocycles. The van der Waals surface area contributed by atoms with Gasteiger partial charge in [-0.25, -0.2) is 0 Å². The number of hydrogen-bond acceptors (Lipinski definition) is 2. The highest BCUT2D eigenvalue weighted by atomic mass is 15.3. The smallest absolute Gasteiger partial charge is 0.0127 e. The van der Waals surface area contributed by atoms with E-state index in [0.29, 0.717) is 6.04 Å². The van der Waals surface area contributed by atoms with Gasteiger partial charge in [-0.1, -0.05) is 13.3 Å². The Morgan fingerprint density at radius 1 is 1.00 bits per heavy atom. The normalized spacial score (nSPS) is 51.2. The Hall–Kier alpha value is -0.0800. The second kappa shape index (κ2) is 3.74. The van der Waals surface area contributed by atoms with E-state index in [1.54, 1.807) is 0 Å². The Morgan fingerprint density at radius 3 is 2.20 bits per heavy atom. The Kier molecular flexibility index (Phi) is 2.52. The van der Waals surface area contributed by atoms with Crippen molar-refractivity contribution in [3.8, 4) is 0 Å². The monoisotopic (exact) mass is 208 g/mol. The van der Waals surface area contributed by atoms with E-state index in [4.69, 9.17) is 5.73 Å². The maximum atomic E-state index is 6.12. The van der Waals surface area contributed by atoms with Crippen LogP contribution in [0, 0.1) is 5.92 Å². The average Bonchev–Trinajstić information content (AvgIpc) is 2.69. The highest BCUT2D eigenvalue weighted by Gasteiger charge is 2.45. The van der Waals surface area contributed by atoms with Crippen molar-refractivity contribution in [2.24, 2.45) is 11.7 Å². The van der Waals surface area contributed by atoms with Crippen LogP contribution in [0.25, 0.3) is 0 Å². The third kappa shape index (κ3) is 1.62. The van der Waals surface area contributed by atoms with E-state index in [2.05, 4.69) is 11.8 Å². The Morgan fingerprint density at radius 2 is 1.67 bits per heavy atom. The summed E-state index contributed by atoms with van der Waals surface area (Å²) in [7, 11) is 0. The predicted octanol–water partition coefficient (Wildman–Crippen LogP) is 2.13. The summed E-state index contributed by atoms with van der Waals surface area (Å²) in [6.45, 7) is 2.45. The average molecular weight is 208 g/mol. The molecule has 86 valence electrons. The summed E-state index contributed by atoms with van der Waals surface area (Å²) >= 11 is 0. The van der Waals surface area contributed by atoms with Crippen molar-refractivity contribution in [1.82, 2.24) is 4.90 Å². The summed E-state index contributed by atoms with van der Waals surface area (Å²) < 4.78 is 0. The number of nitrogens with two attached hydrogens (primary N) is 1. The lowest BCUT2D eigenvalue weighted by Gasteiger charge is -2.43. The molecule has 2 N–H and O–H groups in total. The molecule has 4 atom stereocenters. The summed E-state index contributed by atoms with van der Waals surface area (Å²) in [5.74, 6) is 0.933. The number of rotatable bonds is 1. The standard InChI is InChI=1S/C13H24N2/c1-9-3-2-4-13(9)15-11-5-6-12(15)8-10(14)7-11/h9-13H,2-8,14H2,1H3. The van der Waals surface area contributed by atoms with Crippen LogP contribution in [0.15, 0.2) is 0 Å². The maximum Gasteiger partial charge on any atom is 0.0127 e. The van der Waals surface area contributed by atoms with Crippen LogP contribution in [0.4, 0.5) is 0 Å². The Balaban J connectivity index is 1.76. The molecule has 0 radical (unpaired) electrons. The summed E-state index contributed by atoms with van der Waals surface area (Å²) in [4.78, 5) is 2.88. The molecular formula is C13H24N2. The van der Waals surface area contributed by atoms with Gasteiger partial charge in [0.15, 0.2) is 0 Å². The van der Waals surface area contributed by atoms with Crippen LogP contribution in [0.5, 0.6) is 0 Å². The fourth-order valence-corrected chi connectivity index (χ4v) is 4.37. The van der Waals surface area contributed by atoms with Crippen LogP contribution in [0.1, 0.15) is 51.9 Å². The van der Waals surface area contributed by atoms with Gasteiger partial charge in [0, 0.05) is 24.2 Å². The number of fused-ring (bicyclic) bond motifs is 2. The van der Waals surface area contributed by atoms with Crippen molar-refractivity contribution >= 4 is 0 Å². The minimum Gasteiger partial charge on any atom is -0.328 e. The molecule has 0 amide bonds. The van der Waals surface area contributed by atoms with Crippen LogP contribution in [0.3, 0.4) is 0 Å². The van der Waals surface area contributed by atoms with Gasteiger partial charge in [-0.3, -0.25) is 4.90 Å². The molecule has 2 aliphatic heterocycles. The SMILES string of the molecule is CC1CCCC1N1C2CCC1CC(N)C2. The first-order valence-corrected chi connectivity index (χ1v) is 6.78. The number of nitrogens with zero attached hydrogens (tertiary/aromatic N) is 1. The fraction of sp³-hybridized carbons (Fsp3) is 1.00. The molecule has 3 rings (SSSR count). The molecule has 0 aromatic carbocycles. The summed E-state index contributed by atoms with van der Waals surface area (Å²) in [6.07, 6.45) is 9.71. The van der Waals surface area contributed by atoms with Gasteiger partial charge in [-0.05, 0) is 44.4 Å². The third-order valence-corrected chi connectivity index (χ3v) is 5.03. The molecule has 2 nitrogen and oxygen atoms in total. The quantitative estimate of drug-likeness (QED) is 0.715. The molecule has 15 heavy (non-hydrogen) atoms. The van der Waals surface area contributed by atoms with E-state index in [1.165, 1.54) is 44.9 Å². The van der Waals surface area contributed by atoms with E-state index in [9.17, 15) is 0 Å². The van der Waals surface area contributed by atoms with Crippen molar-refractivity contribution in [3.63, 3.8) is 0 Å². The summed E-state index contributed by atoms with van der Waals surface area (Å²) in [6, 6.07) is 3.07. The largest absolute Gasteiger partial charge is 0.328 e. The Bertz CT molecular complexity index is 227. The van der Waals surface area contributed by atoms with Crippen molar-refractivity contribution in [2.45, 2.75) is 76.0 Å². The second-order valence-corrected chi connectivity index (χ2v) is 6.04. The summed E-state index contributed by atoms with van der Waals surface area (Å²) in [5, 5.41) is 0. The van der Waals surface area contributed by atoms with Gasteiger partial charge < -0.3 is 5.73 Å². The second-order valence-electron chi connectivity index (χ2n) is 6.04. The molecule has 1 aliphatic carbocycles. The van der Waals surface area contributed by atoms with E-state index >= 15 is 0 Å². The molecular weight excluding hydrogens is 184 g/mol. The Labute approximate surface area is 93.2 Å². The molecule has 0 spiro atoms. The van der Waals surface area contributed by atoms with Crippen LogP contribution in [0.2, 0.25) is 0 Å². The minimum absolute atomic E-state index is 0.496. The topological polar surface area (TPSA) is 29.3 Å². The molecule has 1 saturated carbocycles. The molecule has 3 aliphatic rings. The molecule has 3 fully saturated rings. The molecule has 0 aromatic heterocycles. The lowest BCUT2D eigenvalue weighted by molar-refractivity contribution is 0.0616. The molecule has 0 aromatic rings. The zero-order valence-corrected chi connectivity index (χ0v) is 9.86. The van der Waals surface area contributed by atoms with E-state index < -0.39 is 0 Å². The van der Waals surface area contributed by atoms with Gasteiger partial charge in [0.05, 0.1) is 0 Å². The zero-order valence-electron chi connectivity index (χ0n) is 9.86. The van der Waals surface area contributed by atoms with Crippen LogP contribution < -0.4 is 5.73 Å². The fourth-order valence-electron chi connectivity index (χ4n) is 4.37. The van der Waals surface area contributed by atoms with Crippen molar-refractivity contribution in [1.29, 1.82) is 0 Å². The predicted molar refractivity (Wildman–Crippen MR) is 62.7 cm³/mol. The van der Waals surface area contributed by atoms with Gasteiger partial charge in [0.1, 0.15) is 0 Å². The molecule has 2 heteroatoms. The van der Waals surface area contributed by atoms with Crippen LogP contribution in [-0.4, -0.2) is 29.1 Å². The first kappa shape index (κ1) is 10.1. The van der Waals surface area contributed by atoms with Crippen molar-refractivity contribution in [3.05, 3.63) is 0 Å². The maximum absolute atomic E-state index is 6.12. The van der Waals surface area contributed by atoms with Crippen molar-refractivity contribution < 1.29 is 0 Å². The zero-order chi connectivity index (χ0) is 10.4. The highest BCUT2D eigenvalue weighted by molar-refractivity contribution is 5.01. The van der Waals surface area contributed by atoms with Gasteiger partial charge in [-0.15, -0.1) is 0 Å². The third-order valence-electron chi connectivity index (χ3n) is 5.03. The lowest BCUT2D eigenvalue weighted by atomic mass is 9.93. The van der Waals surface area contributed by atoms with Crippen LogP contribution >= 0.6 is 0 Å². The van der Waals surface area contributed by atoms with Crippen molar-refractivity contribution in [2.75, 3.05) is 0 Å². The molecule has 2 bridgehead atoms. The van der Waals surface area contributed by atoms with Gasteiger partial charge in [0.2, 0.25) is 0 Å². The molecule has 4 unspecified atom stereocenters. The number of hydrogen-bond donors (Lipinski definition) is 1. The van der Waals surface area contributed by atoms with Gasteiger partial charge >= 0.3 is 0 Å². The minimum atomic E-state index is 0.496. The summed E-state index contributed by atoms with van der Waals surface area (Å²) in [5.41, 5.74) is 6.12. The first-order chi connectivity index (χ1) is 7.25. The van der Waals surface area contributed by atoms with E-state index in [1.807, 2.05) is 0 Å². The molecule has 2 heterocycles. The van der Waals surface area contributed by atoms with Gasteiger partial charge in [-0.2, -0.15) is 0 Å². The lowest BCUT2D eigenvalue weighted by Crippen LogP contribution is -2.52.